The molecule has 3 aromatic rings. The second-order valence-electron chi connectivity index (χ2n) is 6.04. The fraction of sp³-hybridized carbons (Fsp3) is 0.143. The third kappa shape index (κ3) is 5.53. The molecule has 0 saturated carbocycles. The zero-order valence-corrected chi connectivity index (χ0v) is 15.3. The van der Waals surface area contributed by atoms with E-state index in [2.05, 4.69) is 15.6 Å². The molecule has 0 atom stereocenters. The van der Waals surface area contributed by atoms with Gasteiger partial charge in [0.1, 0.15) is 5.82 Å². The van der Waals surface area contributed by atoms with Gasteiger partial charge in [0.15, 0.2) is 0 Å². The molecule has 0 aliphatic carbocycles. The number of hydrogen-bond donors (Lipinski definition) is 2. The molecule has 0 fully saturated rings. The molecule has 2 N–H and O–H groups in total. The summed E-state index contributed by atoms with van der Waals surface area (Å²) in [5.41, 5.74) is 3.11. The van der Waals surface area contributed by atoms with Crippen LogP contribution >= 0.6 is 11.6 Å². The molecule has 0 radical (unpaired) electrons. The molecule has 1 heterocycles. The topological polar surface area (TPSA) is 54.0 Å². The Morgan fingerprint density at radius 2 is 1.85 bits per heavy atom. The molecule has 138 valence electrons. The van der Waals surface area contributed by atoms with E-state index in [0.29, 0.717) is 23.7 Å². The highest BCUT2D eigenvalue weighted by Gasteiger charge is 2.08. The van der Waals surface area contributed by atoms with Crippen LogP contribution in [0.5, 0.6) is 0 Å². The summed E-state index contributed by atoms with van der Waals surface area (Å²) in [4.78, 5) is 16.5. The molecule has 4 nitrogen and oxygen atoms in total. The van der Waals surface area contributed by atoms with E-state index in [9.17, 15) is 9.18 Å². The Morgan fingerprint density at radius 3 is 2.63 bits per heavy atom. The number of carbonyl (C=O) groups excluding carboxylic acids is 1. The van der Waals surface area contributed by atoms with Crippen molar-refractivity contribution in [2.24, 2.45) is 0 Å². The van der Waals surface area contributed by atoms with E-state index in [1.165, 1.54) is 18.3 Å². The molecule has 0 aliphatic heterocycles. The van der Waals surface area contributed by atoms with Crippen molar-refractivity contribution in [2.45, 2.75) is 13.0 Å². The van der Waals surface area contributed by atoms with E-state index in [-0.39, 0.29) is 11.7 Å². The van der Waals surface area contributed by atoms with Gasteiger partial charge in [-0.15, -0.1) is 0 Å². The smallest absolute Gasteiger partial charge is 0.253 e. The minimum atomic E-state index is -0.244. The van der Waals surface area contributed by atoms with Crippen LogP contribution in [0.25, 0.3) is 0 Å². The SMILES string of the molecule is O=C(NCc1ccccc1Cl)c1cncc(NCCc2ccc(F)cc2)c1. The van der Waals surface area contributed by atoms with Gasteiger partial charge >= 0.3 is 0 Å². The van der Waals surface area contributed by atoms with Crippen LogP contribution in [0.15, 0.2) is 67.0 Å². The number of pyridine rings is 1. The highest BCUT2D eigenvalue weighted by atomic mass is 35.5. The molecule has 2 aromatic carbocycles. The summed E-state index contributed by atoms with van der Waals surface area (Å²) in [6.07, 6.45) is 3.92. The lowest BCUT2D eigenvalue weighted by Gasteiger charge is -2.09. The van der Waals surface area contributed by atoms with E-state index in [1.54, 1.807) is 30.5 Å². The van der Waals surface area contributed by atoms with Crippen LogP contribution in [0, 0.1) is 5.82 Å². The van der Waals surface area contributed by atoms with Gasteiger partial charge in [0.25, 0.3) is 5.91 Å². The van der Waals surface area contributed by atoms with Crippen molar-refractivity contribution >= 4 is 23.2 Å². The Kier molecular flexibility index (Phi) is 6.39. The molecule has 1 aromatic heterocycles. The number of hydrogen-bond acceptors (Lipinski definition) is 3. The van der Waals surface area contributed by atoms with Gasteiger partial charge in [-0.1, -0.05) is 41.9 Å². The Hall–Kier alpha value is -2.92. The van der Waals surface area contributed by atoms with E-state index in [1.807, 2.05) is 18.2 Å². The molecule has 27 heavy (non-hydrogen) atoms. The Balaban J connectivity index is 1.53. The van der Waals surface area contributed by atoms with Crippen LogP contribution in [-0.4, -0.2) is 17.4 Å². The van der Waals surface area contributed by atoms with Crippen LogP contribution in [0.3, 0.4) is 0 Å². The number of amides is 1. The van der Waals surface area contributed by atoms with Gasteiger partial charge in [0, 0.05) is 30.5 Å². The highest BCUT2D eigenvalue weighted by Crippen LogP contribution is 2.15. The highest BCUT2D eigenvalue weighted by molar-refractivity contribution is 6.31. The van der Waals surface area contributed by atoms with Crippen molar-refractivity contribution in [1.82, 2.24) is 10.3 Å². The largest absolute Gasteiger partial charge is 0.383 e. The van der Waals surface area contributed by atoms with Gasteiger partial charge < -0.3 is 10.6 Å². The van der Waals surface area contributed by atoms with Crippen LogP contribution in [0.4, 0.5) is 10.1 Å². The minimum Gasteiger partial charge on any atom is -0.383 e. The van der Waals surface area contributed by atoms with E-state index >= 15 is 0 Å². The Bertz CT molecular complexity index is 915. The standard InChI is InChI=1S/C21H19ClFN3O/c22-20-4-2-1-3-16(20)13-26-21(27)17-11-19(14-24-12-17)25-10-9-15-5-7-18(23)8-6-15/h1-8,11-12,14,25H,9-10,13H2,(H,26,27). The number of benzene rings is 2. The summed E-state index contributed by atoms with van der Waals surface area (Å²) in [6, 6.07) is 15.5. The molecule has 0 aliphatic rings. The lowest BCUT2D eigenvalue weighted by atomic mass is 10.1. The van der Waals surface area contributed by atoms with Gasteiger partial charge in [-0.05, 0) is 41.8 Å². The number of halogens is 2. The number of carbonyl (C=O) groups is 1. The fourth-order valence-electron chi connectivity index (χ4n) is 2.58. The summed E-state index contributed by atoms with van der Waals surface area (Å²) in [6.45, 7) is 0.999. The number of rotatable bonds is 7. The minimum absolute atomic E-state index is 0.218. The molecule has 0 spiro atoms. The van der Waals surface area contributed by atoms with Gasteiger partial charge in [-0.3, -0.25) is 9.78 Å². The number of anilines is 1. The molecular formula is C21H19ClFN3O. The van der Waals surface area contributed by atoms with E-state index < -0.39 is 0 Å². The van der Waals surface area contributed by atoms with Crippen molar-refractivity contribution in [3.63, 3.8) is 0 Å². The maximum atomic E-state index is 12.9. The summed E-state index contributed by atoms with van der Waals surface area (Å²) in [7, 11) is 0. The average molecular weight is 384 g/mol. The summed E-state index contributed by atoms with van der Waals surface area (Å²) >= 11 is 6.10. The van der Waals surface area contributed by atoms with E-state index in [4.69, 9.17) is 11.6 Å². The number of aromatic nitrogens is 1. The van der Waals surface area contributed by atoms with Crippen LogP contribution < -0.4 is 10.6 Å². The normalized spacial score (nSPS) is 10.4. The summed E-state index contributed by atoms with van der Waals surface area (Å²) in [5, 5.41) is 6.69. The van der Waals surface area contributed by atoms with Crippen LogP contribution in [0.1, 0.15) is 21.5 Å². The van der Waals surface area contributed by atoms with Gasteiger partial charge in [0.05, 0.1) is 11.3 Å². The predicted octanol–water partition coefficient (Wildman–Crippen LogP) is 4.46. The van der Waals surface area contributed by atoms with Gasteiger partial charge in [-0.2, -0.15) is 0 Å². The van der Waals surface area contributed by atoms with E-state index in [0.717, 1.165) is 23.2 Å². The molecule has 0 bridgehead atoms. The molecule has 6 heteroatoms. The summed E-state index contributed by atoms with van der Waals surface area (Å²) in [5.74, 6) is -0.462. The van der Waals surface area contributed by atoms with Gasteiger partial charge in [0.2, 0.25) is 0 Å². The first kappa shape index (κ1) is 18.9. The summed E-state index contributed by atoms with van der Waals surface area (Å²) < 4.78 is 12.9. The second-order valence-corrected chi connectivity index (χ2v) is 6.45. The maximum absolute atomic E-state index is 12.9. The predicted molar refractivity (Wildman–Crippen MR) is 105 cm³/mol. The molecule has 1 amide bonds. The zero-order chi connectivity index (χ0) is 19.1. The quantitative estimate of drug-likeness (QED) is 0.633. The van der Waals surface area contributed by atoms with Crippen molar-refractivity contribution in [3.8, 4) is 0 Å². The Labute approximate surface area is 162 Å². The number of nitrogens with one attached hydrogen (secondary N) is 2. The average Bonchev–Trinajstić information content (AvgIpc) is 2.69. The second kappa shape index (κ2) is 9.14. The van der Waals surface area contributed by atoms with Crippen molar-refractivity contribution < 1.29 is 9.18 Å². The molecule has 3 rings (SSSR count). The first-order chi connectivity index (χ1) is 13.1. The fourth-order valence-corrected chi connectivity index (χ4v) is 2.78. The van der Waals surface area contributed by atoms with Gasteiger partial charge in [-0.25, -0.2) is 4.39 Å². The first-order valence-electron chi connectivity index (χ1n) is 8.57. The number of nitrogens with zero attached hydrogens (tertiary/aromatic N) is 1. The third-order valence-corrected chi connectivity index (χ3v) is 4.42. The van der Waals surface area contributed by atoms with Crippen LogP contribution in [0.2, 0.25) is 5.02 Å². The van der Waals surface area contributed by atoms with Crippen molar-refractivity contribution in [1.29, 1.82) is 0 Å². The lowest BCUT2D eigenvalue weighted by Crippen LogP contribution is -2.23. The molecular weight excluding hydrogens is 365 g/mol. The first-order valence-corrected chi connectivity index (χ1v) is 8.94. The zero-order valence-electron chi connectivity index (χ0n) is 14.6. The van der Waals surface area contributed by atoms with Crippen molar-refractivity contribution in [2.75, 3.05) is 11.9 Å². The molecule has 0 unspecified atom stereocenters. The Morgan fingerprint density at radius 1 is 1.07 bits per heavy atom. The third-order valence-electron chi connectivity index (χ3n) is 4.05. The lowest BCUT2D eigenvalue weighted by molar-refractivity contribution is 0.0950. The maximum Gasteiger partial charge on any atom is 0.253 e. The van der Waals surface area contributed by atoms with Crippen LogP contribution in [-0.2, 0) is 13.0 Å². The van der Waals surface area contributed by atoms with Crippen molar-refractivity contribution in [3.05, 3.63) is 94.5 Å². The molecule has 0 saturated heterocycles. The monoisotopic (exact) mass is 383 g/mol.